The van der Waals surface area contributed by atoms with Gasteiger partial charge < -0.3 is 5.32 Å². The zero-order valence-corrected chi connectivity index (χ0v) is 13.7. The third-order valence-corrected chi connectivity index (χ3v) is 4.80. The van der Waals surface area contributed by atoms with E-state index >= 15 is 0 Å². The molecule has 4 nitrogen and oxygen atoms in total. The van der Waals surface area contributed by atoms with Crippen molar-refractivity contribution >= 4 is 0 Å². The largest absolute Gasteiger partial charge is 0.313 e. The first-order chi connectivity index (χ1) is 9.54. The lowest BCUT2D eigenvalue weighted by Crippen LogP contribution is -2.44. The lowest BCUT2D eigenvalue weighted by molar-refractivity contribution is 0.183. The van der Waals surface area contributed by atoms with E-state index in [4.69, 9.17) is 0 Å². The van der Waals surface area contributed by atoms with E-state index in [0.29, 0.717) is 12.1 Å². The van der Waals surface area contributed by atoms with Crippen LogP contribution < -0.4 is 5.32 Å². The van der Waals surface area contributed by atoms with Crippen molar-refractivity contribution in [2.75, 3.05) is 19.6 Å². The minimum Gasteiger partial charge on any atom is -0.313 e. The summed E-state index contributed by atoms with van der Waals surface area (Å²) in [4.78, 5) is 2.58. The van der Waals surface area contributed by atoms with Crippen LogP contribution in [0.15, 0.2) is 0 Å². The molecule has 2 unspecified atom stereocenters. The van der Waals surface area contributed by atoms with Crippen LogP contribution in [-0.2, 0) is 7.05 Å². The number of likely N-dealkylation sites (N-methyl/N-ethyl adjacent to an activating group) is 1. The fourth-order valence-electron chi connectivity index (χ4n) is 3.50. The molecule has 4 heteroatoms. The van der Waals surface area contributed by atoms with Gasteiger partial charge in [0, 0.05) is 36.9 Å². The summed E-state index contributed by atoms with van der Waals surface area (Å²) in [5, 5.41) is 8.23. The standard InChI is InChI=1S/C16H30N4/c1-6-20(11-15-9-7-8-10-17-15)14(4)16-12(2)18-19(5)13(16)3/h14-15,17H,6-11H2,1-5H3. The Kier molecular flexibility index (Phi) is 5.22. The van der Waals surface area contributed by atoms with Gasteiger partial charge in [0.2, 0.25) is 0 Å². The molecule has 0 radical (unpaired) electrons. The second kappa shape index (κ2) is 6.72. The van der Waals surface area contributed by atoms with Gasteiger partial charge in [-0.1, -0.05) is 13.3 Å². The van der Waals surface area contributed by atoms with Gasteiger partial charge >= 0.3 is 0 Å². The van der Waals surface area contributed by atoms with Crippen molar-refractivity contribution in [3.8, 4) is 0 Å². The SMILES string of the molecule is CCN(CC1CCCCN1)C(C)c1c(C)nn(C)c1C. The van der Waals surface area contributed by atoms with Gasteiger partial charge in [0.05, 0.1) is 5.69 Å². The van der Waals surface area contributed by atoms with E-state index in [1.54, 1.807) is 0 Å². The molecule has 0 aliphatic carbocycles. The Hall–Kier alpha value is -0.870. The molecule has 114 valence electrons. The van der Waals surface area contributed by atoms with Crippen LogP contribution in [0.3, 0.4) is 0 Å². The Bertz CT molecular complexity index is 432. The van der Waals surface area contributed by atoms with Gasteiger partial charge in [-0.25, -0.2) is 0 Å². The van der Waals surface area contributed by atoms with Crippen molar-refractivity contribution in [2.24, 2.45) is 7.05 Å². The maximum absolute atomic E-state index is 4.57. The van der Waals surface area contributed by atoms with E-state index < -0.39 is 0 Å². The Morgan fingerprint density at radius 2 is 2.15 bits per heavy atom. The van der Waals surface area contributed by atoms with E-state index in [-0.39, 0.29) is 0 Å². The van der Waals surface area contributed by atoms with Crippen LogP contribution in [0.1, 0.15) is 56.1 Å². The normalized spacial score (nSPS) is 21.4. The molecular weight excluding hydrogens is 248 g/mol. The summed E-state index contributed by atoms with van der Waals surface area (Å²) in [6.07, 6.45) is 4.02. The second-order valence-electron chi connectivity index (χ2n) is 6.12. The molecule has 1 aromatic rings. The summed E-state index contributed by atoms with van der Waals surface area (Å²) in [7, 11) is 2.04. The number of aryl methyl sites for hydroxylation is 2. The van der Waals surface area contributed by atoms with E-state index in [1.807, 2.05) is 11.7 Å². The van der Waals surface area contributed by atoms with Crippen LogP contribution in [0.4, 0.5) is 0 Å². The zero-order valence-electron chi connectivity index (χ0n) is 13.7. The molecule has 1 aliphatic rings. The van der Waals surface area contributed by atoms with E-state index in [2.05, 4.69) is 43.0 Å². The van der Waals surface area contributed by atoms with Crippen molar-refractivity contribution in [1.82, 2.24) is 20.0 Å². The summed E-state index contributed by atoms with van der Waals surface area (Å²) in [6, 6.07) is 1.10. The molecule has 0 spiro atoms. The Morgan fingerprint density at radius 1 is 1.40 bits per heavy atom. The first kappa shape index (κ1) is 15.5. The maximum atomic E-state index is 4.57. The average Bonchev–Trinajstić information content (AvgIpc) is 2.70. The topological polar surface area (TPSA) is 33.1 Å². The Morgan fingerprint density at radius 3 is 2.65 bits per heavy atom. The van der Waals surface area contributed by atoms with E-state index in [1.165, 1.54) is 42.8 Å². The van der Waals surface area contributed by atoms with Gasteiger partial charge in [-0.3, -0.25) is 9.58 Å². The van der Waals surface area contributed by atoms with Gasteiger partial charge in [-0.15, -0.1) is 0 Å². The number of nitrogens with zero attached hydrogens (tertiary/aromatic N) is 3. The molecule has 2 rings (SSSR count). The molecule has 1 aliphatic heterocycles. The lowest BCUT2D eigenvalue weighted by Gasteiger charge is -2.34. The van der Waals surface area contributed by atoms with Crippen molar-refractivity contribution in [3.63, 3.8) is 0 Å². The fraction of sp³-hybridized carbons (Fsp3) is 0.812. The highest BCUT2D eigenvalue weighted by molar-refractivity contribution is 5.27. The molecular formula is C16H30N4. The molecule has 0 saturated carbocycles. The molecule has 1 fully saturated rings. The first-order valence-corrected chi connectivity index (χ1v) is 8.02. The van der Waals surface area contributed by atoms with E-state index in [9.17, 15) is 0 Å². The smallest absolute Gasteiger partial charge is 0.0644 e. The summed E-state index contributed by atoms with van der Waals surface area (Å²) in [5.41, 5.74) is 3.88. The predicted octanol–water partition coefficient (Wildman–Crippen LogP) is 2.56. The number of nitrogens with one attached hydrogen (secondary N) is 1. The van der Waals surface area contributed by atoms with Crippen LogP contribution in [0.2, 0.25) is 0 Å². The van der Waals surface area contributed by atoms with Crippen LogP contribution >= 0.6 is 0 Å². The third-order valence-electron chi connectivity index (χ3n) is 4.80. The summed E-state index contributed by atoms with van der Waals surface area (Å²) < 4.78 is 2.01. The Balaban J connectivity index is 2.09. The minimum atomic E-state index is 0.442. The number of hydrogen-bond acceptors (Lipinski definition) is 3. The summed E-state index contributed by atoms with van der Waals surface area (Å²) in [6.45, 7) is 12.3. The number of piperidine rings is 1. The molecule has 2 heterocycles. The van der Waals surface area contributed by atoms with Crippen LogP contribution in [0.25, 0.3) is 0 Å². The predicted molar refractivity (Wildman–Crippen MR) is 84.0 cm³/mol. The van der Waals surface area contributed by atoms with Crippen LogP contribution in [0, 0.1) is 13.8 Å². The van der Waals surface area contributed by atoms with Gasteiger partial charge in [0.15, 0.2) is 0 Å². The fourth-order valence-corrected chi connectivity index (χ4v) is 3.50. The molecule has 0 aromatic carbocycles. The maximum Gasteiger partial charge on any atom is 0.0644 e. The van der Waals surface area contributed by atoms with Gasteiger partial charge in [0.1, 0.15) is 0 Å². The molecule has 2 atom stereocenters. The highest BCUT2D eigenvalue weighted by Crippen LogP contribution is 2.26. The zero-order chi connectivity index (χ0) is 14.7. The summed E-state index contributed by atoms with van der Waals surface area (Å²) in [5.74, 6) is 0. The summed E-state index contributed by atoms with van der Waals surface area (Å²) >= 11 is 0. The third kappa shape index (κ3) is 3.23. The van der Waals surface area contributed by atoms with Crippen LogP contribution in [-0.4, -0.2) is 40.4 Å². The van der Waals surface area contributed by atoms with Crippen molar-refractivity contribution < 1.29 is 0 Å². The molecule has 1 aromatic heterocycles. The monoisotopic (exact) mass is 278 g/mol. The van der Waals surface area contributed by atoms with Gasteiger partial charge in [-0.05, 0) is 46.7 Å². The highest BCUT2D eigenvalue weighted by atomic mass is 15.3. The molecule has 0 amide bonds. The molecule has 1 N–H and O–H groups in total. The highest BCUT2D eigenvalue weighted by Gasteiger charge is 2.24. The van der Waals surface area contributed by atoms with Crippen molar-refractivity contribution in [3.05, 3.63) is 17.0 Å². The molecule has 0 bridgehead atoms. The molecule has 20 heavy (non-hydrogen) atoms. The van der Waals surface area contributed by atoms with Crippen molar-refractivity contribution in [1.29, 1.82) is 0 Å². The molecule has 1 saturated heterocycles. The average molecular weight is 278 g/mol. The second-order valence-corrected chi connectivity index (χ2v) is 6.12. The number of hydrogen-bond donors (Lipinski definition) is 1. The van der Waals surface area contributed by atoms with Crippen LogP contribution in [0.5, 0.6) is 0 Å². The first-order valence-electron chi connectivity index (χ1n) is 8.02. The lowest BCUT2D eigenvalue weighted by atomic mass is 10.0. The quantitative estimate of drug-likeness (QED) is 0.898. The number of rotatable bonds is 5. The van der Waals surface area contributed by atoms with Gasteiger partial charge in [-0.2, -0.15) is 5.10 Å². The Labute approximate surface area is 123 Å². The van der Waals surface area contributed by atoms with Gasteiger partial charge in [0.25, 0.3) is 0 Å². The number of aromatic nitrogens is 2. The van der Waals surface area contributed by atoms with E-state index in [0.717, 1.165) is 13.1 Å². The van der Waals surface area contributed by atoms with Crippen molar-refractivity contribution in [2.45, 2.75) is 59.0 Å². The minimum absolute atomic E-state index is 0.442.